The van der Waals surface area contributed by atoms with Crippen LogP contribution in [0.4, 0.5) is 5.69 Å². The Balaban J connectivity index is 1.89. The van der Waals surface area contributed by atoms with Crippen molar-refractivity contribution in [2.24, 2.45) is 0 Å². The van der Waals surface area contributed by atoms with Gasteiger partial charge in [-0.2, -0.15) is 5.10 Å². The van der Waals surface area contributed by atoms with E-state index in [-0.39, 0.29) is 6.10 Å². The molecule has 0 bridgehead atoms. The topological polar surface area (TPSA) is 62.8 Å². The number of H-pyrrole nitrogens is 1. The molecule has 1 saturated heterocycles. The monoisotopic (exact) mass is 258 g/mol. The summed E-state index contributed by atoms with van der Waals surface area (Å²) in [6.07, 6.45) is 1.27. The maximum Gasteiger partial charge on any atom is 0.183 e. The highest BCUT2D eigenvalue weighted by Gasteiger charge is 2.24. The molecule has 1 fully saturated rings. The summed E-state index contributed by atoms with van der Waals surface area (Å²) in [6.45, 7) is 4.82. The zero-order valence-electron chi connectivity index (χ0n) is 11.2. The number of aryl methyl sites for hydroxylation is 1. The molecule has 5 nitrogen and oxygen atoms in total. The average molecular weight is 258 g/mol. The van der Waals surface area contributed by atoms with Gasteiger partial charge in [-0.1, -0.05) is 12.1 Å². The molecule has 2 unspecified atom stereocenters. The third-order valence-electron chi connectivity index (χ3n) is 3.48. The van der Waals surface area contributed by atoms with Crippen molar-refractivity contribution in [3.05, 3.63) is 30.1 Å². The Morgan fingerprint density at radius 1 is 1.37 bits per heavy atom. The Morgan fingerprint density at radius 2 is 2.21 bits per heavy atom. The number of aromatic amines is 1. The standard InChI is InChI=1S/C14H18N4O/c1-9-12(7-8-19-9)16-13-6-4-3-5-11(13)14-15-10(2)17-18-14/h3-6,9,12,16H,7-8H2,1-2H3,(H,15,17,18). The van der Waals surface area contributed by atoms with E-state index in [1.54, 1.807) is 0 Å². The smallest absolute Gasteiger partial charge is 0.183 e. The number of hydrogen-bond donors (Lipinski definition) is 2. The zero-order chi connectivity index (χ0) is 13.2. The van der Waals surface area contributed by atoms with Gasteiger partial charge in [0.15, 0.2) is 5.82 Å². The first-order chi connectivity index (χ1) is 9.24. The summed E-state index contributed by atoms with van der Waals surface area (Å²) < 4.78 is 5.59. The van der Waals surface area contributed by atoms with Crippen LogP contribution in [0, 0.1) is 6.92 Å². The summed E-state index contributed by atoms with van der Waals surface area (Å²) in [6, 6.07) is 8.46. The largest absolute Gasteiger partial charge is 0.379 e. The molecule has 5 heteroatoms. The molecule has 19 heavy (non-hydrogen) atoms. The minimum absolute atomic E-state index is 0.238. The van der Waals surface area contributed by atoms with Gasteiger partial charge in [0.25, 0.3) is 0 Å². The number of nitrogens with one attached hydrogen (secondary N) is 2. The maximum absolute atomic E-state index is 5.59. The maximum atomic E-state index is 5.59. The quantitative estimate of drug-likeness (QED) is 0.887. The molecular weight excluding hydrogens is 240 g/mol. The van der Waals surface area contributed by atoms with Crippen LogP contribution >= 0.6 is 0 Å². The predicted molar refractivity (Wildman–Crippen MR) is 74.0 cm³/mol. The van der Waals surface area contributed by atoms with Crippen molar-refractivity contribution < 1.29 is 4.74 Å². The molecule has 0 spiro atoms. The first-order valence-corrected chi connectivity index (χ1v) is 6.60. The second-order valence-electron chi connectivity index (χ2n) is 4.91. The highest BCUT2D eigenvalue weighted by Crippen LogP contribution is 2.27. The molecular formula is C14H18N4O. The molecule has 1 aliphatic rings. The molecule has 1 aliphatic heterocycles. The average Bonchev–Trinajstić information content (AvgIpc) is 3.00. The number of hydrogen-bond acceptors (Lipinski definition) is 4. The van der Waals surface area contributed by atoms with Crippen molar-refractivity contribution in [3.63, 3.8) is 0 Å². The first-order valence-electron chi connectivity index (χ1n) is 6.60. The zero-order valence-corrected chi connectivity index (χ0v) is 11.2. The fraction of sp³-hybridized carbons (Fsp3) is 0.429. The van der Waals surface area contributed by atoms with Crippen molar-refractivity contribution >= 4 is 5.69 Å². The van der Waals surface area contributed by atoms with Gasteiger partial charge >= 0.3 is 0 Å². The molecule has 2 heterocycles. The lowest BCUT2D eigenvalue weighted by molar-refractivity contribution is 0.121. The number of aromatic nitrogens is 3. The van der Waals surface area contributed by atoms with E-state index in [9.17, 15) is 0 Å². The molecule has 1 aromatic carbocycles. The van der Waals surface area contributed by atoms with E-state index in [0.29, 0.717) is 6.04 Å². The third kappa shape index (κ3) is 2.46. The number of rotatable bonds is 3. The van der Waals surface area contributed by atoms with Crippen LogP contribution in [-0.4, -0.2) is 33.9 Å². The number of nitrogens with zero attached hydrogens (tertiary/aromatic N) is 2. The minimum Gasteiger partial charge on any atom is -0.379 e. The summed E-state index contributed by atoms with van der Waals surface area (Å²) >= 11 is 0. The Morgan fingerprint density at radius 3 is 2.89 bits per heavy atom. The highest BCUT2D eigenvalue weighted by atomic mass is 16.5. The summed E-state index contributed by atoms with van der Waals surface area (Å²) in [4.78, 5) is 4.40. The van der Waals surface area contributed by atoms with Gasteiger partial charge < -0.3 is 10.1 Å². The highest BCUT2D eigenvalue weighted by molar-refractivity contribution is 5.73. The van der Waals surface area contributed by atoms with E-state index in [2.05, 4.69) is 33.5 Å². The predicted octanol–water partition coefficient (Wildman–Crippen LogP) is 2.37. The molecule has 2 aromatic rings. The van der Waals surface area contributed by atoms with Crippen molar-refractivity contribution in [2.75, 3.05) is 11.9 Å². The van der Waals surface area contributed by atoms with Crippen LogP contribution in [0.3, 0.4) is 0 Å². The van der Waals surface area contributed by atoms with Crippen molar-refractivity contribution in [1.29, 1.82) is 0 Å². The molecule has 1 aromatic heterocycles. The van der Waals surface area contributed by atoms with Crippen molar-refractivity contribution in [2.45, 2.75) is 32.4 Å². The van der Waals surface area contributed by atoms with Crippen molar-refractivity contribution in [3.8, 4) is 11.4 Å². The minimum atomic E-state index is 0.238. The Labute approximate surface area is 112 Å². The van der Waals surface area contributed by atoms with Crippen LogP contribution in [0.25, 0.3) is 11.4 Å². The number of para-hydroxylation sites is 1. The lowest BCUT2D eigenvalue weighted by atomic mass is 10.1. The van der Waals surface area contributed by atoms with Crippen LogP contribution in [0.2, 0.25) is 0 Å². The van der Waals surface area contributed by atoms with Gasteiger partial charge in [-0.15, -0.1) is 0 Å². The van der Waals surface area contributed by atoms with Gasteiger partial charge in [-0.3, -0.25) is 5.10 Å². The van der Waals surface area contributed by atoms with Gasteiger partial charge in [0.1, 0.15) is 5.82 Å². The van der Waals surface area contributed by atoms with Crippen molar-refractivity contribution in [1.82, 2.24) is 15.2 Å². The van der Waals surface area contributed by atoms with Crippen LogP contribution in [0.1, 0.15) is 19.2 Å². The molecule has 0 amide bonds. The fourth-order valence-electron chi connectivity index (χ4n) is 2.39. The lowest BCUT2D eigenvalue weighted by Gasteiger charge is -2.19. The van der Waals surface area contributed by atoms with Gasteiger partial charge in [-0.05, 0) is 32.4 Å². The molecule has 0 saturated carbocycles. The Hall–Kier alpha value is -1.88. The lowest BCUT2D eigenvalue weighted by Crippen LogP contribution is -2.26. The SMILES string of the molecule is Cc1nc(-c2ccccc2NC2CCOC2C)n[nH]1. The van der Waals surface area contributed by atoms with Crippen LogP contribution < -0.4 is 5.32 Å². The van der Waals surface area contributed by atoms with E-state index in [1.165, 1.54) is 0 Å². The summed E-state index contributed by atoms with van der Waals surface area (Å²) in [5, 5.41) is 10.7. The molecule has 2 N–H and O–H groups in total. The molecule has 3 rings (SSSR count). The summed E-state index contributed by atoms with van der Waals surface area (Å²) in [5.74, 6) is 1.55. The first kappa shape index (κ1) is 12.2. The fourth-order valence-corrected chi connectivity index (χ4v) is 2.39. The van der Waals surface area contributed by atoms with Crippen LogP contribution in [0.15, 0.2) is 24.3 Å². The second kappa shape index (κ2) is 5.01. The van der Waals surface area contributed by atoms with E-state index in [1.807, 2.05) is 25.1 Å². The van der Waals surface area contributed by atoms with Gasteiger partial charge in [0.05, 0.1) is 12.1 Å². The van der Waals surface area contributed by atoms with Gasteiger partial charge in [0, 0.05) is 17.9 Å². The summed E-state index contributed by atoms with van der Waals surface area (Å²) in [7, 11) is 0. The van der Waals surface area contributed by atoms with Crippen LogP contribution in [-0.2, 0) is 4.74 Å². The normalized spacial score (nSPS) is 22.6. The molecule has 100 valence electrons. The van der Waals surface area contributed by atoms with E-state index >= 15 is 0 Å². The number of benzene rings is 1. The van der Waals surface area contributed by atoms with Crippen LogP contribution in [0.5, 0.6) is 0 Å². The number of anilines is 1. The number of ether oxygens (including phenoxy) is 1. The third-order valence-corrected chi connectivity index (χ3v) is 3.48. The van der Waals surface area contributed by atoms with E-state index in [0.717, 1.165) is 35.9 Å². The molecule has 2 atom stereocenters. The van der Waals surface area contributed by atoms with Gasteiger partial charge in [0.2, 0.25) is 0 Å². The Kier molecular flexibility index (Phi) is 3.21. The molecule has 0 aliphatic carbocycles. The van der Waals surface area contributed by atoms with E-state index in [4.69, 9.17) is 4.74 Å². The summed E-state index contributed by atoms with van der Waals surface area (Å²) in [5.41, 5.74) is 2.08. The second-order valence-corrected chi connectivity index (χ2v) is 4.91. The molecule has 0 radical (unpaired) electrons. The van der Waals surface area contributed by atoms with Gasteiger partial charge in [-0.25, -0.2) is 4.98 Å². The Bertz CT molecular complexity index is 566. The van der Waals surface area contributed by atoms with E-state index < -0.39 is 0 Å².